The summed E-state index contributed by atoms with van der Waals surface area (Å²) in [5.74, 6) is -0.551. The molecule has 0 aromatic heterocycles. The SMILES string of the molecule is C=CCN1C(=O)NC(c2ccc(Cl)cc2Cl)C(C(=O)OCC)=C1CN1CCN(C(=O)c2ccccc2)CC1. The third kappa shape index (κ3) is 6.04. The van der Waals surface area contributed by atoms with Gasteiger partial charge >= 0.3 is 12.0 Å². The highest BCUT2D eigenvalue weighted by molar-refractivity contribution is 6.35. The number of hydrogen-bond acceptors (Lipinski definition) is 5. The van der Waals surface area contributed by atoms with Crippen LogP contribution in [0.3, 0.4) is 0 Å². The summed E-state index contributed by atoms with van der Waals surface area (Å²) in [6, 6.07) is 12.9. The van der Waals surface area contributed by atoms with E-state index in [0.717, 1.165) is 0 Å². The number of halogens is 2. The van der Waals surface area contributed by atoms with E-state index in [0.29, 0.717) is 65.2 Å². The maximum Gasteiger partial charge on any atom is 0.338 e. The molecule has 1 saturated heterocycles. The molecule has 1 unspecified atom stereocenters. The van der Waals surface area contributed by atoms with Gasteiger partial charge in [0.1, 0.15) is 0 Å². The molecule has 3 amide bonds. The molecule has 2 aliphatic rings. The summed E-state index contributed by atoms with van der Waals surface area (Å²) in [5, 5.41) is 3.68. The molecule has 2 heterocycles. The summed E-state index contributed by atoms with van der Waals surface area (Å²) < 4.78 is 5.43. The zero-order valence-electron chi connectivity index (χ0n) is 21.2. The number of esters is 1. The molecule has 0 bridgehead atoms. The Balaban J connectivity index is 1.65. The van der Waals surface area contributed by atoms with Crippen molar-refractivity contribution in [2.45, 2.75) is 13.0 Å². The van der Waals surface area contributed by atoms with Crippen molar-refractivity contribution in [1.82, 2.24) is 20.0 Å². The van der Waals surface area contributed by atoms with Crippen LogP contribution in [0, 0.1) is 0 Å². The van der Waals surface area contributed by atoms with Crippen LogP contribution < -0.4 is 5.32 Å². The number of carbonyl (C=O) groups is 3. The topological polar surface area (TPSA) is 82.2 Å². The Kier molecular flexibility index (Phi) is 9.09. The Hall–Kier alpha value is -3.33. The van der Waals surface area contributed by atoms with E-state index >= 15 is 0 Å². The molecule has 0 saturated carbocycles. The Bertz CT molecular complexity index is 1240. The highest BCUT2D eigenvalue weighted by Crippen LogP contribution is 2.36. The Labute approximate surface area is 232 Å². The lowest BCUT2D eigenvalue weighted by atomic mass is 9.94. The van der Waals surface area contributed by atoms with Gasteiger partial charge in [0, 0.05) is 60.6 Å². The predicted octanol–water partition coefficient (Wildman–Crippen LogP) is 4.52. The van der Waals surface area contributed by atoms with Crippen LogP contribution in [0.1, 0.15) is 28.9 Å². The van der Waals surface area contributed by atoms with Crippen LogP contribution in [0.15, 0.2) is 72.5 Å². The smallest absolute Gasteiger partial charge is 0.338 e. The van der Waals surface area contributed by atoms with Crippen LogP contribution >= 0.6 is 23.2 Å². The Morgan fingerprint density at radius 2 is 1.82 bits per heavy atom. The van der Waals surface area contributed by atoms with Crippen LogP contribution in [0.25, 0.3) is 0 Å². The van der Waals surface area contributed by atoms with Gasteiger partial charge in [-0.05, 0) is 36.8 Å². The molecule has 38 heavy (non-hydrogen) atoms. The van der Waals surface area contributed by atoms with Crippen molar-refractivity contribution in [2.24, 2.45) is 0 Å². The molecule has 2 aliphatic heterocycles. The van der Waals surface area contributed by atoms with Crippen molar-refractivity contribution in [1.29, 1.82) is 0 Å². The number of nitrogens with one attached hydrogen (secondary N) is 1. The van der Waals surface area contributed by atoms with Crippen molar-refractivity contribution in [3.05, 3.63) is 93.6 Å². The van der Waals surface area contributed by atoms with E-state index in [2.05, 4.69) is 16.8 Å². The van der Waals surface area contributed by atoms with E-state index in [1.54, 1.807) is 43.3 Å². The molecule has 8 nitrogen and oxygen atoms in total. The number of carbonyl (C=O) groups excluding carboxylic acids is 3. The summed E-state index contributed by atoms with van der Waals surface area (Å²) in [5.41, 5.74) is 2.02. The second-order valence-corrected chi connectivity index (χ2v) is 9.81. The quantitative estimate of drug-likeness (QED) is 0.382. The van der Waals surface area contributed by atoms with Gasteiger partial charge in [0.15, 0.2) is 0 Å². The number of rotatable bonds is 8. The third-order valence-electron chi connectivity index (χ3n) is 6.57. The highest BCUT2D eigenvalue weighted by atomic mass is 35.5. The lowest BCUT2D eigenvalue weighted by molar-refractivity contribution is -0.139. The van der Waals surface area contributed by atoms with Crippen molar-refractivity contribution in [3.8, 4) is 0 Å². The van der Waals surface area contributed by atoms with Gasteiger partial charge in [-0.2, -0.15) is 0 Å². The molecule has 2 aromatic rings. The number of piperazine rings is 1. The van der Waals surface area contributed by atoms with Crippen LogP contribution in [0.4, 0.5) is 4.79 Å². The maximum atomic E-state index is 13.3. The zero-order valence-corrected chi connectivity index (χ0v) is 22.7. The fourth-order valence-corrected chi connectivity index (χ4v) is 5.22. The third-order valence-corrected chi connectivity index (χ3v) is 7.13. The van der Waals surface area contributed by atoms with E-state index in [9.17, 15) is 14.4 Å². The minimum atomic E-state index is -0.816. The first-order chi connectivity index (χ1) is 18.3. The van der Waals surface area contributed by atoms with Gasteiger partial charge < -0.3 is 15.0 Å². The number of benzene rings is 2. The second kappa shape index (κ2) is 12.5. The highest BCUT2D eigenvalue weighted by Gasteiger charge is 2.39. The molecule has 200 valence electrons. The standard InChI is InChI=1S/C28H30Cl2N4O4/c1-3-12-34-23(18-32-13-15-33(16-14-32)26(35)19-8-6-5-7-9-19)24(27(36)38-4-2)25(31-28(34)37)21-11-10-20(29)17-22(21)30/h3,5-11,17,25H,1,4,12-16,18H2,2H3,(H,31,37). The molecule has 10 heteroatoms. The lowest BCUT2D eigenvalue weighted by Gasteiger charge is -2.40. The summed E-state index contributed by atoms with van der Waals surface area (Å²) in [6.45, 7) is 8.40. The molecule has 0 spiro atoms. The first-order valence-corrected chi connectivity index (χ1v) is 13.2. The monoisotopic (exact) mass is 556 g/mol. The molecule has 1 atom stereocenters. The van der Waals surface area contributed by atoms with E-state index in [1.165, 1.54) is 4.90 Å². The minimum absolute atomic E-state index is 0.0144. The van der Waals surface area contributed by atoms with E-state index in [-0.39, 0.29) is 25.1 Å². The fourth-order valence-electron chi connectivity index (χ4n) is 4.70. The second-order valence-electron chi connectivity index (χ2n) is 8.96. The number of amides is 3. The summed E-state index contributed by atoms with van der Waals surface area (Å²) in [7, 11) is 0. The molecular weight excluding hydrogens is 527 g/mol. The van der Waals surface area contributed by atoms with Gasteiger partial charge in [0.25, 0.3) is 5.91 Å². The summed E-state index contributed by atoms with van der Waals surface area (Å²) in [4.78, 5) is 44.9. The van der Waals surface area contributed by atoms with Crippen LogP contribution in [-0.4, -0.2) is 78.5 Å². The largest absolute Gasteiger partial charge is 0.463 e. The fraction of sp³-hybridized carbons (Fsp3) is 0.321. The van der Waals surface area contributed by atoms with Gasteiger partial charge in [-0.25, -0.2) is 9.59 Å². The van der Waals surface area contributed by atoms with Crippen molar-refractivity contribution in [2.75, 3.05) is 45.9 Å². The van der Waals surface area contributed by atoms with Crippen molar-refractivity contribution < 1.29 is 19.1 Å². The van der Waals surface area contributed by atoms with E-state index in [1.807, 2.05) is 23.1 Å². The minimum Gasteiger partial charge on any atom is -0.463 e. The maximum absolute atomic E-state index is 13.3. The average molecular weight is 557 g/mol. The number of urea groups is 1. The molecule has 4 rings (SSSR count). The zero-order chi connectivity index (χ0) is 27.2. The summed E-state index contributed by atoms with van der Waals surface area (Å²) >= 11 is 12.6. The van der Waals surface area contributed by atoms with E-state index < -0.39 is 12.0 Å². The molecule has 2 aromatic carbocycles. The van der Waals surface area contributed by atoms with Gasteiger partial charge in [-0.15, -0.1) is 6.58 Å². The van der Waals surface area contributed by atoms with Gasteiger partial charge in [-0.3, -0.25) is 14.6 Å². The molecule has 1 fully saturated rings. The lowest BCUT2D eigenvalue weighted by Crippen LogP contribution is -2.54. The normalized spacial score (nSPS) is 18.3. The first kappa shape index (κ1) is 27.7. The number of ether oxygens (including phenoxy) is 1. The molecule has 0 radical (unpaired) electrons. The van der Waals surface area contributed by atoms with Crippen LogP contribution in [0.5, 0.6) is 0 Å². The summed E-state index contributed by atoms with van der Waals surface area (Å²) in [6.07, 6.45) is 1.61. The van der Waals surface area contributed by atoms with Gasteiger partial charge in [0.05, 0.1) is 18.2 Å². The average Bonchev–Trinajstić information content (AvgIpc) is 2.91. The number of hydrogen-bond donors (Lipinski definition) is 1. The van der Waals surface area contributed by atoms with Crippen LogP contribution in [0.2, 0.25) is 10.0 Å². The Morgan fingerprint density at radius 3 is 2.45 bits per heavy atom. The van der Waals surface area contributed by atoms with Crippen molar-refractivity contribution >= 4 is 41.1 Å². The molecular formula is C28H30Cl2N4O4. The van der Waals surface area contributed by atoms with E-state index in [4.69, 9.17) is 27.9 Å². The van der Waals surface area contributed by atoms with Gasteiger partial charge in [0.2, 0.25) is 0 Å². The number of nitrogens with zero attached hydrogens (tertiary/aromatic N) is 3. The Morgan fingerprint density at radius 1 is 1.11 bits per heavy atom. The molecule has 1 N–H and O–H groups in total. The van der Waals surface area contributed by atoms with Gasteiger partial charge in [-0.1, -0.05) is 53.5 Å². The first-order valence-electron chi connectivity index (χ1n) is 12.4. The molecule has 0 aliphatic carbocycles. The van der Waals surface area contributed by atoms with Crippen LogP contribution in [-0.2, 0) is 9.53 Å². The van der Waals surface area contributed by atoms with Crippen molar-refractivity contribution in [3.63, 3.8) is 0 Å². The predicted molar refractivity (Wildman–Crippen MR) is 147 cm³/mol.